The molecular formula is C18H22N2O. The number of para-hydroxylation sites is 1. The Morgan fingerprint density at radius 1 is 1.19 bits per heavy atom. The highest BCUT2D eigenvalue weighted by molar-refractivity contribution is 5.91. The zero-order valence-corrected chi connectivity index (χ0v) is 12.5. The zero-order chi connectivity index (χ0) is 14.4. The fourth-order valence-corrected chi connectivity index (χ4v) is 3.55. The van der Waals surface area contributed by atoms with E-state index in [4.69, 9.17) is 0 Å². The highest BCUT2D eigenvalue weighted by Gasteiger charge is 2.41. The van der Waals surface area contributed by atoms with Crippen LogP contribution in [0.5, 0.6) is 0 Å². The van der Waals surface area contributed by atoms with Gasteiger partial charge in [0.1, 0.15) is 0 Å². The van der Waals surface area contributed by atoms with Gasteiger partial charge < -0.3 is 9.88 Å². The summed E-state index contributed by atoms with van der Waals surface area (Å²) in [5, 5.41) is 4.73. The first kappa shape index (κ1) is 12.9. The number of hydrogen-bond acceptors (Lipinski definition) is 2. The van der Waals surface area contributed by atoms with Gasteiger partial charge in [0, 0.05) is 30.7 Å². The summed E-state index contributed by atoms with van der Waals surface area (Å²) in [5.74, 6) is 2.68. The van der Waals surface area contributed by atoms with Crippen molar-refractivity contribution in [2.75, 3.05) is 11.9 Å². The first-order chi connectivity index (χ1) is 10.2. The SMILES string of the molecule is Cn1c(=O)cc(NCC(C2CC2)C2CC2)c2ccccc21. The van der Waals surface area contributed by atoms with Crippen molar-refractivity contribution in [1.82, 2.24) is 4.57 Å². The topological polar surface area (TPSA) is 34.0 Å². The van der Waals surface area contributed by atoms with Gasteiger partial charge in [-0.1, -0.05) is 18.2 Å². The van der Waals surface area contributed by atoms with E-state index in [1.807, 2.05) is 25.2 Å². The predicted molar refractivity (Wildman–Crippen MR) is 86.6 cm³/mol. The van der Waals surface area contributed by atoms with Gasteiger partial charge in [-0.2, -0.15) is 0 Å². The minimum absolute atomic E-state index is 0.0607. The quantitative estimate of drug-likeness (QED) is 0.912. The van der Waals surface area contributed by atoms with E-state index >= 15 is 0 Å². The third-order valence-corrected chi connectivity index (χ3v) is 5.14. The minimum atomic E-state index is 0.0607. The Morgan fingerprint density at radius 3 is 2.52 bits per heavy atom. The van der Waals surface area contributed by atoms with Crippen LogP contribution in [-0.4, -0.2) is 11.1 Å². The monoisotopic (exact) mass is 282 g/mol. The number of nitrogens with zero attached hydrogens (tertiary/aromatic N) is 1. The van der Waals surface area contributed by atoms with Crippen LogP contribution in [0.25, 0.3) is 10.9 Å². The smallest absolute Gasteiger partial charge is 0.252 e. The molecule has 2 fully saturated rings. The average molecular weight is 282 g/mol. The molecule has 0 amide bonds. The molecular weight excluding hydrogens is 260 g/mol. The molecule has 1 aromatic heterocycles. The van der Waals surface area contributed by atoms with Crippen molar-refractivity contribution < 1.29 is 0 Å². The summed E-state index contributed by atoms with van der Waals surface area (Å²) in [5.41, 5.74) is 2.06. The minimum Gasteiger partial charge on any atom is -0.384 e. The summed E-state index contributed by atoms with van der Waals surface area (Å²) in [7, 11) is 1.84. The largest absolute Gasteiger partial charge is 0.384 e. The maximum Gasteiger partial charge on any atom is 0.252 e. The Balaban J connectivity index is 1.63. The van der Waals surface area contributed by atoms with Crippen molar-refractivity contribution in [3.8, 4) is 0 Å². The Labute approximate surface area is 125 Å². The lowest BCUT2D eigenvalue weighted by Crippen LogP contribution is -2.21. The van der Waals surface area contributed by atoms with E-state index in [-0.39, 0.29) is 5.56 Å². The van der Waals surface area contributed by atoms with Crippen molar-refractivity contribution in [2.24, 2.45) is 24.8 Å². The van der Waals surface area contributed by atoms with Gasteiger partial charge in [-0.15, -0.1) is 0 Å². The van der Waals surface area contributed by atoms with E-state index in [0.717, 1.165) is 40.9 Å². The second-order valence-electron chi connectivity index (χ2n) is 6.69. The Kier molecular flexibility index (Phi) is 3.02. The molecule has 1 N–H and O–H groups in total. The van der Waals surface area contributed by atoms with E-state index in [1.54, 1.807) is 10.6 Å². The maximum absolute atomic E-state index is 12.1. The van der Waals surface area contributed by atoms with E-state index in [0.29, 0.717) is 0 Å². The number of pyridine rings is 1. The Bertz CT molecular complexity index is 714. The molecule has 1 aromatic carbocycles. The first-order valence-electron chi connectivity index (χ1n) is 8.06. The molecule has 0 saturated heterocycles. The van der Waals surface area contributed by atoms with Crippen molar-refractivity contribution in [1.29, 1.82) is 0 Å². The summed E-state index contributed by atoms with van der Waals surface area (Å²) in [6.07, 6.45) is 5.61. The molecule has 1 heterocycles. The predicted octanol–water partition coefficient (Wildman–Crippen LogP) is 3.39. The van der Waals surface area contributed by atoms with E-state index in [2.05, 4.69) is 11.4 Å². The summed E-state index contributed by atoms with van der Waals surface area (Å²) in [6, 6.07) is 9.89. The van der Waals surface area contributed by atoms with Crippen molar-refractivity contribution in [3.05, 3.63) is 40.7 Å². The van der Waals surface area contributed by atoms with Crippen molar-refractivity contribution in [3.63, 3.8) is 0 Å². The summed E-state index contributed by atoms with van der Waals surface area (Å²) >= 11 is 0. The summed E-state index contributed by atoms with van der Waals surface area (Å²) in [4.78, 5) is 12.1. The summed E-state index contributed by atoms with van der Waals surface area (Å²) in [6.45, 7) is 1.02. The molecule has 110 valence electrons. The number of hydrogen-bond donors (Lipinski definition) is 1. The van der Waals surface area contributed by atoms with Crippen LogP contribution in [0.2, 0.25) is 0 Å². The van der Waals surface area contributed by atoms with Crippen LogP contribution in [0.1, 0.15) is 25.7 Å². The van der Waals surface area contributed by atoms with E-state index < -0.39 is 0 Å². The molecule has 0 unspecified atom stereocenters. The third-order valence-electron chi connectivity index (χ3n) is 5.14. The van der Waals surface area contributed by atoms with Gasteiger partial charge in [0.05, 0.1) is 5.52 Å². The number of aromatic nitrogens is 1. The van der Waals surface area contributed by atoms with Crippen LogP contribution in [0.4, 0.5) is 5.69 Å². The number of benzene rings is 1. The number of nitrogens with one attached hydrogen (secondary N) is 1. The number of anilines is 1. The highest BCUT2D eigenvalue weighted by atomic mass is 16.1. The van der Waals surface area contributed by atoms with Gasteiger partial charge in [-0.3, -0.25) is 4.79 Å². The number of fused-ring (bicyclic) bond motifs is 1. The van der Waals surface area contributed by atoms with Crippen LogP contribution in [-0.2, 0) is 7.05 Å². The lowest BCUT2D eigenvalue weighted by Gasteiger charge is -2.18. The zero-order valence-electron chi connectivity index (χ0n) is 12.5. The van der Waals surface area contributed by atoms with Crippen molar-refractivity contribution in [2.45, 2.75) is 25.7 Å². The third kappa shape index (κ3) is 2.45. The molecule has 0 bridgehead atoms. The normalized spacial score (nSPS) is 18.4. The first-order valence-corrected chi connectivity index (χ1v) is 8.06. The molecule has 3 heteroatoms. The van der Waals surface area contributed by atoms with Crippen LogP contribution in [0.15, 0.2) is 35.1 Å². The molecule has 0 atom stereocenters. The van der Waals surface area contributed by atoms with E-state index in [9.17, 15) is 4.79 Å². The van der Waals surface area contributed by atoms with Crippen LogP contribution >= 0.6 is 0 Å². The van der Waals surface area contributed by atoms with E-state index in [1.165, 1.54) is 25.7 Å². The molecule has 0 radical (unpaired) electrons. The average Bonchev–Trinajstić information content (AvgIpc) is 3.37. The van der Waals surface area contributed by atoms with Gasteiger partial charge in [-0.25, -0.2) is 0 Å². The lowest BCUT2D eigenvalue weighted by molar-refractivity contribution is 0.428. The summed E-state index contributed by atoms with van der Waals surface area (Å²) < 4.78 is 1.72. The second-order valence-corrected chi connectivity index (χ2v) is 6.69. The fraction of sp³-hybridized carbons (Fsp3) is 0.500. The van der Waals surface area contributed by atoms with Gasteiger partial charge >= 0.3 is 0 Å². The van der Waals surface area contributed by atoms with Crippen LogP contribution < -0.4 is 10.9 Å². The van der Waals surface area contributed by atoms with Crippen molar-refractivity contribution >= 4 is 16.6 Å². The standard InChI is InChI=1S/C18H22N2O/c1-20-17-5-3-2-4-14(17)16(10-18(20)21)19-11-15(12-6-7-12)13-8-9-13/h2-5,10,12-13,15,19H,6-9,11H2,1H3. The molecule has 21 heavy (non-hydrogen) atoms. The van der Waals surface area contributed by atoms with Crippen LogP contribution in [0.3, 0.4) is 0 Å². The van der Waals surface area contributed by atoms with Gasteiger partial charge in [0.15, 0.2) is 0 Å². The van der Waals surface area contributed by atoms with Crippen LogP contribution in [0, 0.1) is 17.8 Å². The number of aryl methyl sites for hydroxylation is 1. The molecule has 2 saturated carbocycles. The molecule has 2 aliphatic rings. The lowest BCUT2D eigenvalue weighted by atomic mass is 9.98. The van der Waals surface area contributed by atoms with Gasteiger partial charge in [0.2, 0.25) is 0 Å². The Morgan fingerprint density at radius 2 is 1.86 bits per heavy atom. The number of rotatable bonds is 5. The molecule has 0 aliphatic heterocycles. The Hall–Kier alpha value is -1.77. The highest BCUT2D eigenvalue weighted by Crippen LogP contribution is 2.49. The second kappa shape index (κ2) is 4.90. The molecule has 0 spiro atoms. The maximum atomic E-state index is 12.1. The molecule has 3 nitrogen and oxygen atoms in total. The molecule has 4 rings (SSSR count). The van der Waals surface area contributed by atoms with Gasteiger partial charge in [-0.05, 0) is 49.5 Å². The van der Waals surface area contributed by atoms with Gasteiger partial charge in [0.25, 0.3) is 5.56 Å². The fourth-order valence-electron chi connectivity index (χ4n) is 3.55. The molecule has 2 aromatic rings. The molecule has 2 aliphatic carbocycles.